The Hall–Kier alpha value is -3.22. The molecule has 2 aromatic rings. The van der Waals surface area contributed by atoms with Crippen molar-refractivity contribution in [3.8, 4) is 5.75 Å². The lowest BCUT2D eigenvalue weighted by Crippen LogP contribution is -2.46. The van der Waals surface area contributed by atoms with Gasteiger partial charge in [-0.15, -0.1) is 0 Å². The number of amidine groups is 1. The van der Waals surface area contributed by atoms with Crippen LogP contribution >= 0.6 is 0 Å². The van der Waals surface area contributed by atoms with Crippen LogP contribution in [0.2, 0.25) is 0 Å². The summed E-state index contributed by atoms with van der Waals surface area (Å²) in [7, 11) is 0. The maximum absolute atomic E-state index is 11.2. The van der Waals surface area contributed by atoms with Gasteiger partial charge < -0.3 is 25.4 Å². The lowest BCUT2D eigenvalue weighted by atomic mass is 10.1. The van der Waals surface area contributed by atoms with Gasteiger partial charge in [-0.2, -0.15) is 0 Å². The van der Waals surface area contributed by atoms with Crippen molar-refractivity contribution in [2.75, 3.05) is 36.0 Å². The van der Waals surface area contributed by atoms with E-state index in [0.717, 1.165) is 43.1 Å². The van der Waals surface area contributed by atoms with E-state index in [1.165, 1.54) is 13.8 Å². The summed E-state index contributed by atoms with van der Waals surface area (Å²) >= 11 is 0. The van der Waals surface area contributed by atoms with Crippen molar-refractivity contribution in [1.82, 2.24) is 0 Å². The number of carbonyl (C=O) groups is 1. The van der Waals surface area contributed by atoms with E-state index in [0.29, 0.717) is 5.75 Å². The van der Waals surface area contributed by atoms with Crippen LogP contribution in [0.4, 0.5) is 11.4 Å². The van der Waals surface area contributed by atoms with Gasteiger partial charge in [-0.25, -0.2) is 4.79 Å². The molecule has 0 amide bonds. The van der Waals surface area contributed by atoms with Crippen LogP contribution in [-0.4, -0.2) is 48.7 Å². The van der Waals surface area contributed by atoms with E-state index in [1.807, 2.05) is 48.5 Å². The molecule has 0 bridgehead atoms. The number of piperazine rings is 1. The summed E-state index contributed by atoms with van der Waals surface area (Å²) in [5.74, 6) is -0.375. The van der Waals surface area contributed by atoms with E-state index in [4.69, 9.17) is 21.0 Å². The lowest BCUT2D eigenvalue weighted by Gasteiger charge is -2.37. The van der Waals surface area contributed by atoms with Crippen molar-refractivity contribution >= 4 is 23.2 Å². The molecule has 1 heterocycles. The standard InChI is InChI=1S/C21H26N4O3/c1-21(2,20(26)27)28-18-9-7-17(8-10-18)25-13-11-24(12-14-25)16-5-3-15(4-6-16)19(22)23/h3-10H,11-14H2,1-2H3,(H3,22,23)(H,26,27). The average Bonchev–Trinajstić information content (AvgIpc) is 2.68. The molecule has 2 aromatic carbocycles. The fraction of sp³-hybridized carbons (Fsp3) is 0.333. The normalized spacial score (nSPS) is 14.6. The summed E-state index contributed by atoms with van der Waals surface area (Å²) in [5.41, 5.74) is 7.20. The Morgan fingerprint density at radius 1 is 0.964 bits per heavy atom. The molecule has 0 aromatic heterocycles. The Labute approximate surface area is 164 Å². The number of carboxylic acids is 1. The molecule has 1 saturated heterocycles. The van der Waals surface area contributed by atoms with E-state index in [2.05, 4.69) is 9.80 Å². The zero-order valence-electron chi connectivity index (χ0n) is 16.2. The molecule has 0 radical (unpaired) electrons. The summed E-state index contributed by atoms with van der Waals surface area (Å²) in [6.07, 6.45) is 0. The molecule has 0 spiro atoms. The van der Waals surface area contributed by atoms with Crippen molar-refractivity contribution in [1.29, 1.82) is 5.41 Å². The van der Waals surface area contributed by atoms with E-state index in [-0.39, 0.29) is 5.84 Å². The zero-order valence-corrected chi connectivity index (χ0v) is 16.2. The number of rotatable bonds is 6. The highest BCUT2D eigenvalue weighted by molar-refractivity contribution is 5.95. The Morgan fingerprint density at radius 3 is 1.79 bits per heavy atom. The SMILES string of the molecule is CC(C)(Oc1ccc(N2CCN(c3ccc(C(=N)N)cc3)CC2)cc1)C(=O)O. The number of nitrogens with one attached hydrogen (secondary N) is 1. The van der Waals surface area contributed by atoms with Crippen LogP contribution in [0.3, 0.4) is 0 Å². The number of aliphatic carboxylic acids is 1. The van der Waals surface area contributed by atoms with Gasteiger partial charge in [-0.3, -0.25) is 5.41 Å². The fourth-order valence-electron chi connectivity index (χ4n) is 3.14. The maximum atomic E-state index is 11.2. The Balaban J connectivity index is 1.59. The van der Waals surface area contributed by atoms with Gasteiger partial charge in [0.1, 0.15) is 11.6 Å². The summed E-state index contributed by atoms with van der Waals surface area (Å²) < 4.78 is 5.56. The lowest BCUT2D eigenvalue weighted by molar-refractivity contribution is -0.152. The molecule has 3 rings (SSSR count). The topological polar surface area (TPSA) is 103 Å². The third kappa shape index (κ3) is 4.36. The number of anilines is 2. The number of benzene rings is 2. The molecule has 1 fully saturated rings. The van der Waals surface area contributed by atoms with Crippen LogP contribution in [0.5, 0.6) is 5.75 Å². The third-order valence-electron chi connectivity index (χ3n) is 4.91. The largest absolute Gasteiger partial charge is 0.478 e. The second-order valence-electron chi connectivity index (χ2n) is 7.35. The molecule has 0 unspecified atom stereocenters. The minimum Gasteiger partial charge on any atom is -0.478 e. The molecule has 148 valence electrons. The molecule has 7 nitrogen and oxygen atoms in total. The van der Waals surface area contributed by atoms with Gasteiger partial charge in [0.25, 0.3) is 0 Å². The molecular weight excluding hydrogens is 356 g/mol. The highest BCUT2D eigenvalue weighted by Crippen LogP contribution is 2.25. The maximum Gasteiger partial charge on any atom is 0.347 e. The van der Waals surface area contributed by atoms with Gasteiger partial charge in [0.05, 0.1) is 0 Å². The number of ether oxygens (including phenoxy) is 1. The van der Waals surface area contributed by atoms with Crippen molar-refractivity contribution in [3.05, 3.63) is 54.1 Å². The average molecular weight is 382 g/mol. The fourth-order valence-corrected chi connectivity index (χ4v) is 3.14. The smallest absolute Gasteiger partial charge is 0.347 e. The summed E-state index contributed by atoms with van der Waals surface area (Å²) in [6, 6.07) is 15.3. The van der Waals surface area contributed by atoms with Crippen molar-refractivity contribution in [2.24, 2.45) is 5.73 Å². The van der Waals surface area contributed by atoms with Gasteiger partial charge in [-0.1, -0.05) is 0 Å². The molecule has 4 N–H and O–H groups in total. The summed E-state index contributed by atoms with van der Waals surface area (Å²) in [4.78, 5) is 15.8. The number of nitrogens with zero attached hydrogens (tertiary/aromatic N) is 2. The van der Waals surface area contributed by atoms with E-state index in [1.54, 1.807) is 0 Å². The highest BCUT2D eigenvalue weighted by atomic mass is 16.5. The van der Waals surface area contributed by atoms with Crippen LogP contribution in [0, 0.1) is 5.41 Å². The molecule has 0 atom stereocenters. The van der Waals surface area contributed by atoms with Crippen molar-refractivity contribution < 1.29 is 14.6 Å². The number of hydrogen-bond acceptors (Lipinski definition) is 5. The minimum absolute atomic E-state index is 0.0792. The quantitative estimate of drug-likeness (QED) is 0.524. The summed E-state index contributed by atoms with van der Waals surface area (Å²) in [6.45, 7) is 6.62. The van der Waals surface area contributed by atoms with E-state index < -0.39 is 11.6 Å². The predicted octanol–water partition coefficient (Wildman–Crippen LogP) is 2.54. The molecule has 0 aliphatic carbocycles. The van der Waals surface area contributed by atoms with Gasteiger partial charge in [-0.05, 0) is 62.4 Å². The highest BCUT2D eigenvalue weighted by Gasteiger charge is 2.29. The van der Waals surface area contributed by atoms with E-state index in [9.17, 15) is 4.79 Å². The third-order valence-corrected chi connectivity index (χ3v) is 4.91. The number of nitrogen functional groups attached to an aromatic ring is 1. The van der Waals surface area contributed by atoms with Gasteiger partial charge in [0, 0.05) is 43.1 Å². The molecule has 0 saturated carbocycles. The first-order valence-corrected chi connectivity index (χ1v) is 9.23. The van der Waals surface area contributed by atoms with Crippen LogP contribution < -0.4 is 20.3 Å². The van der Waals surface area contributed by atoms with Gasteiger partial charge >= 0.3 is 5.97 Å². The number of nitrogens with two attached hydrogens (primary N) is 1. The first-order chi connectivity index (χ1) is 13.3. The van der Waals surface area contributed by atoms with Gasteiger partial charge in [0.2, 0.25) is 0 Å². The van der Waals surface area contributed by atoms with Crippen molar-refractivity contribution in [3.63, 3.8) is 0 Å². The predicted molar refractivity (Wildman–Crippen MR) is 111 cm³/mol. The molecule has 7 heteroatoms. The van der Waals surface area contributed by atoms with Crippen LogP contribution in [0.1, 0.15) is 19.4 Å². The van der Waals surface area contributed by atoms with Crippen LogP contribution in [-0.2, 0) is 4.79 Å². The Morgan fingerprint density at radius 2 is 1.39 bits per heavy atom. The first kappa shape index (κ1) is 19.5. The van der Waals surface area contributed by atoms with Gasteiger partial charge in [0.15, 0.2) is 5.60 Å². The van der Waals surface area contributed by atoms with Crippen LogP contribution in [0.15, 0.2) is 48.5 Å². The number of hydrogen-bond donors (Lipinski definition) is 3. The van der Waals surface area contributed by atoms with E-state index >= 15 is 0 Å². The second kappa shape index (κ2) is 7.80. The Kier molecular flexibility index (Phi) is 5.44. The Bertz CT molecular complexity index is 839. The molecule has 1 aliphatic heterocycles. The first-order valence-electron chi connectivity index (χ1n) is 9.23. The second-order valence-corrected chi connectivity index (χ2v) is 7.35. The minimum atomic E-state index is -1.26. The molecule has 1 aliphatic rings. The monoisotopic (exact) mass is 382 g/mol. The number of carboxylic acid groups (broad SMARTS) is 1. The molecular formula is C21H26N4O3. The van der Waals surface area contributed by atoms with Crippen LogP contribution in [0.25, 0.3) is 0 Å². The van der Waals surface area contributed by atoms with Crippen molar-refractivity contribution in [2.45, 2.75) is 19.4 Å². The zero-order chi connectivity index (χ0) is 20.3. The molecule has 28 heavy (non-hydrogen) atoms. The summed E-state index contributed by atoms with van der Waals surface area (Å²) in [5, 5.41) is 16.6.